The second-order valence-corrected chi connectivity index (χ2v) is 5.08. The zero-order valence-electron chi connectivity index (χ0n) is 10.7. The number of ether oxygens (including phenoxy) is 1. The minimum absolute atomic E-state index is 0.106. The molecule has 0 bridgehead atoms. The Morgan fingerprint density at radius 3 is 2.89 bits per heavy atom. The molecular weight excluding hydrogens is 240 g/mol. The minimum atomic E-state index is -0.106. The Kier molecular flexibility index (Phi) is 2.75. The molecule has 1 fully saturated rings. The first-order chi connectivity index (χ1) is 9.17. The average Bonchev–Trinajstić information content (AvgIpc) is 3.21. The van der Waals surface area contributed by atoms with Gasteiger partial charge in [0.05, 0.1) is 17.7 Å². The molecule has 1 heterocycles. The van der Waals surface area contributed by atoms with E-state index in [1.54, 1.807) is 25.1 Å². The van der Waals surface area contributed by atoms with E-state index >= 15 is 0 Å². The lowest BCUT2D eigenvalue weighted by Crippen LogP contribution is -2.09. The molecule has 0 spiro atoms. The number of fused-ring (bicyclic) bond motifs is 1. The van der Waals surface area contributed by atoms with Crippen LogP contribution in [0.2, 0.25) is 0 Å². The summed E-state index contributed by atoms with van der Waals surface area (Å²) in [5.74, 6) is 1.18. The average molecular weight is 254 g/mol. The summed E-state index contributed by atoms with van der Waals surface area (Å²) in [6.07, 6.45) is 2.40. The highest BCUT2D eigenvalue weighted by molar-refractivity contribution is 5.82. The van der Waals surface area contributed by atoms with Crippen molar-refractivity contribution in [3.8, 4) is 11.8 Å². The van der Waals surface area contributed by atoms with Gasteiger partial charge in [0.2, 0.25) is 0 Å². The molecular formula is C15H14N2O2. The van der Waals surface area contributed by atoms with Gasteiger partial charge in [0.15, 0.2) is 0 Å². The van der Waals surface area contributed by atoms with Gasteiger partial charge in [0.25, 0.3) is 5.56 Å². The molecule has 1 aliphatic rings. The van der Waals surface area contributed by atoms with Gasteiger partial charge in [0, 0.05) is 17.0 Å². The number of aryl methyl sites for hydroxylation is 1. The highest BCUT2D eigenvalue weighted by atomic mass is 16.5. The summed E-state index contributed by atoms with van der Waals surface area (Å²) in [6, 6.07) is 7.45. The number of pyridine rings is 1. The van der Waals surface area contributed by atoms with E-state index in [2.05, 4.69) is 11.1 Å². The third-order valence-corrected chi connectivity index (χ3v) is 3.42. The number of aromatic nitrogens is 1. The van der Waals surface area contributed by atoms with Crippen LogP contribution in [0.5, 0.6) is 5.75 Å². The van der Waals surface area contributed by atoms with Crippen molar-refractivity contribution in [2.75, 3.05) is 6.61 Å². The minimum Gasteiger partial charge on any atom is -0.492 e. The van der Waals surface area contributed by atoms with Crippen LogP contribution < -0.4 is 10.3 Å². The monoisotopic (exact) mass is 254 g/mol. The quantitative estimate of drug-likeness (QED) is 0.915. The third-order valence-electron chi connectivity index (χ3n) is 3.42. The maximum atomic E-state index is 11.6. The lowest BCUT2D eigenvalue weighted by molar-refractivity contribution is 0.299. The molecule has 1 saturated carbocycles. The fourth-order valence-electron chi connectivity index (χ4n) is 2.04. The lowest BCUT2D eigenvalue weighted by Gasteiger charge is -2.09. The Labute approximate surface area is 110 Å². The maximum Gasteiger partial charge on any atom is 0.251 e. The zero-order chi connectivity index (χ0) is 13.4. The van der Waals surface area contributed by atoms with E-state index in [0.29, 0.717) is 34.9 Å². The van der Waals surface area contributed by atoms with Gasteiger partial charge in [-0.1, -0.05) is 0 Å². The molecule has 4 nitrogen and oxygen atoms in total. The largest absolute Gasteiger partial charge is 0.492 e. The van der Waals surface area contributed by atoms with Crippen molar-refractivity contribution in [3.63, 3.8) is 0 Å². The molecule has 1 aromatic heterocycles. The van der Waals surface area contributed by atoms with Gasteiger partial charge in [-0.15, -0.1) is 0 Å². The van der Waals surface area contributed by atoms with Crippen molar-refractivity contribution in [2.45, 2.75) is 19.8 Å². The van der Waals surface area contributed by atoms with E-state index in [-0.39, 0.29) is 5.56 Å². The van der Waals surface area contributed by atoms with Crippen molar-refractivity contribution in [2.24, 2.45) is 5.92 Å². The fraction of sp³-hybridized carbons (Fsp3) is 0.333. The van der Waals surface area contributed by atoms with Crippen LogP contribution in [0.4, 0.5) is 0 Å². The van der Waals surface area contributed by atoms with Crippen LogP contribution in [0.15, 0.2) is 23.0 Å². The van der Waals surface area contributed by atoms with Crippen LogP contribution in [0.3, 0.4) is 0 Å². The Bertz CT molecular complexity index is 736. The topological polar surface area (TPSA) is 65.9 Å². The molecule has 3 rings (SSSR count). The van der Waals surface area contributed by atoms with Gasteiger partial charge in [0.1, 0.15) is 11.8 Å². The second kappa shape index (κ2) is 4.43. The van der Waals surface area contributed by atoms with E-state index in [4.69, 9.17) is 4.74 Å². The van der Waals surface area contributed by atoms with E-state index in [1.165, 1.54) is 12.8 Å². The van der Waals surface area contributed by atoms with Crippen LogP contribution in [-0.2, 0) is 0 Å². The summed E-state index contributed by atoms with van der Waals surface area (Å²) < 4.78 is 5.69. The van der Waals surface area contributed by atoms with Crippen molar-refractivity contribution < 1.29 is 4.74 Å². The summed E-state index contributed by atoms with van der Waals surface area (Å²) in [4.78, 5) is 14.4. The molecule has 0 radical (unpaired) electrons. The molecule has 0 unspecified atom stereocenters. The molecule has 0 saturated heterocycles. The molecule has 0 amide bonds. The molecule has 2 aromatic rings. The van der Waals surface area contributed by atoms with Gasteiger partial charge >= 0.3 is 0 Å². The Morgan fingerprint density at radius 2 is 2.21 bits per heavy atom. The first kappa shape index (κ1) is 11.8. The third kappa shape index (κ3) is 2.32. The van der Waals surface area contributed by atoms with Crippen molar-refractivity contribution in [1.82, 2.24) is 4.98 Å². The fourth-order valence-corrected chi connectivity index (χ4v) is 2.04. The number of hydrogen-bond acceptors (Lipinski definition) is 3. The van der Waals surface area contributed by atoms with Gasteiger partial charge in [-0.05, 0) is 37.8 Å². The molecule has 1 N–H and O–H groups in total. The van der Waals surface area contributed by atoms with Gasteiger partial charge < -0.3 is 9.72 Å². The number of hydrogen-bond donors (Lipinski definition) is 1. The normalized spacial score (nSPS) is 14.3. The summed E-state index contributed by atoms with van der Waals surface area (Å²) >= 11 is 0. The van der Waals surface area contributed by atoms with E-state index in [9.17, 15) is 10.1 Å². The first-order valence-corrected chi connectivity index (χ1v) is 6.38. The maximum absolute atomic E-state index is 11.6. The molecule has 1 aliphatic carbocycles. The number of rotatable bonds is 3. The molecule has 1 aromatic carbocycles. The van der Waals surface area contributed by atoms with Crippen molar-refractivity contribution in [1.29, 1.82) is 5.26 Å². The van der Waals surface area contributed by atoms with E-state index < -0.39 is 0 Å². The summed E-state index contributed by atoms with van der Waals surface area (Å²) in [6.45, 7) is 2.40. The standard InChI is InChI=1S/C15H14N2O2/c1-9-4-11-5-12(7-16)14(19-8-10-2-3-10)6-13(11)17-15(9)18/h4-6,10H,2-3,8H2,1H3,(H,17,18). The number of benzene rings is 1. The number of nitrogens with one attached hydrogen (secondary N) is 1. The molecule has 0 atom stereocenters. The SMILES string of the molecule is Cc1cc2cc(C#N)c(OCC3CC3)cc2[nH]c1=O. The van der Waals surface area contributed by atoms with Crippen LogP contribution in [0.1, 0.15) is 24.0 Å². The summed E-state index contributed by atoms with van der Waals surface area (Å²) in [5, 5.41) is 10.0. The van der Waals surface area contributed by atoms with E-state index in [1.807, 2.05) is 0 Å². The Hall–Kier alpha value is -2.28. The highest BCUT2D eigenvalue weighted by Gasteiger charge is 2.22. The Morgan fingerprint density at radius 1 is 1.42 bits per heavy atom. The van der Waals surface area contributed by atoms with Crippen LogP contribution in [0.25, 0.3) is 10.9 Å². The molecule has 19 heavy (non-hydrogen) atoms. The van der Waals surface area contributed by atoms with Gasteiger partial charge in [-0.3, -0.25) is 4.79 Å². The molecule has 96 valence electrons. The predicted molar refractivity (Wildman–Crippen MR) is 72.2 cm³/mol. The van der Waals surface area contributed by atoms with Gasteiger partial charge in [-0.25, -0.2) is 0 Å². The molecule has 4 heteroatoms. The summed E-state index contributed by atoms with van der Waals surface area (Å²) in [7, 11) is 0. The van der Waals surface area contributed by atoms with Crippen molar-refractivity contribution >= 4 is 10.9 Å². The zero-order valence-corrected chi connectivity index (χ0v) is 10.7. The first-order valence-electron chi connectivity index (χ1n) is 6.38. The number of nitriles is 1. The van der Waals surface area contributed by atoms with Crippen molar-refractivity contribution in [3.05, 3.63) is 39.7 Å². The van der Waals surface area contributed by atoms with Crippen LogP contribution >= 0.6 is 0 Å². The number of H-pyrrole nitrogens is 1. The van der Waals surface area contributed by atoms with Crippen LogP contribution in [-0.4, -0.2) is 11.6 Å². The number of aromatic amines is 1. The summed E-state index contributed by atoms with van der Waals surface area (Å²) in [5.41, 5.74) is 1.76. The highest BCUT2D eigenvalue weighted by Crippen LogP contribution is 2.31. The smallest absolute Gasteiger partial charge is 0.251 e. The second-order valence-electron chi connectivity index (χ2n) is 5.08. The predicted octanol–water partition coefficient (Wildman–Crippen LogP) is 2.50. The lowest BCUT2D eigenvalue weighted by atomic mass is 10.1. The molecule has 0 aliphatic heterocycles. The van der Waals surface area contributed by atoms with Crippen LogP contribution in [0, 0.1) is 24.2 Å². The van der Waals surface area contributed by atoms with E-state index in [0.717, 1.165) is 5.39 Å². The van der Waals surface area contributed by atoms with Gasteiger partial charge in [-0.2, -0.15) is 5.26 Å². The number of nitrogens with zero attached hydrogens (tertiary/aromatic N) is 1. The Balaban J connectivity index is 2.07.